The maximum Gasteiger partial charge on any atom is 0.254 e. The summed E-state index contributed by atoms with van der Waals surface area (Å²) in [7, 11) is 0. The average Bonchev–Trinajstić information content (AvgIpc) is 3.07. The third kappa shape index (κ3) is 3.04. The van der Waals surface area contributed by atoms with Gasteiger partial charge >= 0.3 is 0 Å². The van der Waals surface area contributed by atoms with Crippen LogP contribution in [0, 0.1) is 6.92 Å². The van der Waals surface area contributed by atoms with Gasteiger partial charge in [0.25, 0.3) is 5.78 Å². The molecule has 0 aliphatic carbocycles. The fraction of sp³-hybridized carbons (Fsp3) is 0.100. The summed E-state index contributed by atoms with van der Waals surface area (Å²) in [5.74, 6) is 1.90. The Morgan fingerprint density at radius 3 is 2.58 bits per heavy atom. The molecule has 128 valence electrons. The monoisotopic (exact) mass is 343 g/mol. The van der Waals surface area contributed by atoms with E-state index in [9.17, 15) is 4.79 Å². The molecule has 26 heavy (non-hydrogen) atoms. The first-order valence-corrected chi connectivity index (χ1v) is 8.28. The number of anilines is 2. The molecule has 0 aliphatic heterocycles. The fourth-order valence-electron chi connectivity index (χ4n) is 2.75. The molecule has 6 nitrogen and oxygen atoms in total. The SMILES string of the molecule is CC(=O)c1cccc(Nc2cc(C)nc3nc(-c4ccccc4)nn23)c1. The van der Waals surface area contributed by atoms with E-state index in [1.54, 1.807) is 17.5 Å². The van der Waals surface area contributed by atoms with Gasteiger partial charge in [-0.1, -0.05) is 42.5 Å². The van der Waals surface area contributed by atoms with Crippen molar-refractivity contribution in [1.82, 2.24) is 19.6 Å². The second kappa shape index (κ2) is 6.40. The van der Waals surface area contributed by atoms with E-state index in [2.05, 4.69) is 20.4 Å². The van der Waals surface area contributed by atoms with Gasteiger partial charge in [-0.05, 0) is 26.0 Å². The number of aryl methyl sites for hydroxylation is 1. The predicted octanol–water partition coefficient (Wildman–Crippen LogP) is 4.05. The highest BCUT2D eigenvalue weighted by molar-refractivity contribution is 5.95. The van der Waals surface area contributed by atoms with Crippen molar-refractivity contribution in [3.05, 3.63) is 71.9 Å². The molecule has 2 heterocycles. The van der Waals surface area contributed by atoms with E-state index in [0.717, 1.165) is 22.8 Å². The van der Waals surface area contributed by atoms with Gasteiger partial charge in [-0.3, -0.25) is 4.79 Å². The molecule has 0 amide bonds. The van der Waals surface area contributed by atoms with Gasteiger partial charge in [-0.15, -0.1) is 5.10 Å². The van der Waals surface area contributed by atoms with Crippen molar-refractivity contribution in [3.8, 4) is 11.4 Å². The summed E-state index contributed by atoms with van der Waals surface area (Å²) in [4.78, 5) is 20.6. The quantitative estimate of drug-likeness (QED) is 0.566. The zero-order valence-electron chi connectivity index (χ0n) is 14.5. The molecule has 0 saturated carbocycles. The summed E-state index contributed by atoms with van der Waals surface area (Å²) in [6.07, 6.45) is 0. The van der Waals surface area contributed by atoms with Gasteiger partial charge < -0.3 is 5.32 Å². The van der Waals surface area contributed by atoms with Crippen LogP contribution in [0.15, 0.2) is 60.7 Å². The van der Waals surface area contributed by atoms with Gasteiger partial charge in [-0.2, -0.15) is 9.50 Å². The van der Waals surface area contributed by atoms with Gasteiger partial charge in [-0.25, -0.2) is 4.98 Å². The minimum atomic E-state index is 0.0248. The normalized spacial score (nSPS) is 10.8. The van der Waals surface area contributed by atoms with Crippen LogP contribution in [0.2, 0.25) is 0 Å². The van der Waals surface area contributed by atoms with Crippen LogP contribution >= 0.6 is 0 Å². The van der Waals surface area contributed by atoms with Gasteiger partial charge in [0.15, 0.2) is 11.6 Å². The molecule has 0 aliphatic rings. The number of carbonyl (C=O) groups excluding carboxylic acids is 1. The first-order chi connectivity index (χ1) is 12.6. The van der Waals surface area contributed by atoms with E-state index >= 15 is 0 Å². The first kappa shape index (κ1) is 16.0. The van der Waals surface area contributed by atoms with E-state index in [0.29, 0.717) is 17.2 Å². The smallest absolute Gasteiger partial charge is 0.254 e. The summed E-state index contributed by atoms with van der Waals surface area (Å²) in [5, 5.41) is 7.91. The number of Topliss-reactive ketones (excluding diaryl/α,β-unsaturated/α-hetero) is 1. The minimum Gasteiger partial charge on any atom is -0.340 e. The van der Waals surface area contributed by atoms with E-state index in [1.807, 2.05) is 61.5 Å². The Morgan fingerprint density at radius 1 is 1.00 bits per heavy atom. The van der Waals surface area contributed by atoms with Crippen LogP contribution in [-0.4, -0.2) is 25.4 Å². The molecule has 0 saturated heterocycles. The number of nitrogens with one attached hydrogen (secondary N) is 1. The van der Waals surface area contributed by atoms with Crippen LogP contribution in [-0.2, 0) is 0 Å². The van der Waals surface area contributed by atoms with E-state index in [4.69, 9.17) is 0 Å². The number of hydrogen-bond donors (Lipinski definition) is 1. The highest BCUT2D eigenvalue weighted by Gasteiger charge is 2.12. The van der Waals surface area contributed by atoms with Crippen molar-refractivity contribution in [2.45, 2.75) is 13.8 Å². The van der Waals surface area contributed by atoms with Crippen molar-refractivity contribution in [2.24, 2.45) is 0 Å². The molecule has 0 bridgehead atoms. The topological polar surface area (TPSA) is 72.2 Å². The summed E-state index contributed by atoms with van der Waals surface area (Å²) >= 11 is 0. The summed E-state index contributed by atoms with van der Waals surface area (Å²) < 4.78 is 1.68. The maximum absolute atomic E-state index is 11.6. The number of benzene rings is 2. The molecule has 0 unspecified atom stereocenters. The maximum atomic E-state index is 11.6. The van der Waals surface area contributed by atoms with Crippen LogP contribution in [0.5, 0.6) is 0 Å². The lowest BCUT2D eigenvalue weighted by atomic mass is 10.1. The van der Waals surface area contributed by atoms with Crippen molar-refractivity contribution < 1.29 is 4.79 Å². The lowest BCUT2D eigenvalue weighted by Crippen LogP contribution is -2.03. The van der Waals surface area contributed by atoms with Crippen molar-refractivity contribution in [1.29, 1.82) is 0 Å². The van der Waals surface area contributed by atoms with Crippen LogP contribution in [0.3, 0.4) is 0 Å². The Balaban J connectivity index is 1.78. The zero-order valence-corrected chi connectivity index (χ0v) is 14.5. The van der Waals surface area contributed by atoms with Crippen molar-refractivity contribution >= 4 is 23.1 Å². The molecule has 1 N–H and O–H groups in total. The molecule has 0 atom stereocenters. The Bertz CT molecular complexity index is 1100. The summed E-state index contributed by atoms with van der Waals surface area (Å²) in [6, 6.07) is 19.1. The van der Waals surface area contributed by atoms with Crippen molar-refractivity contribution in [3.63, 3.8) is 0 Å². The molecule has 4 rings (SSSR count). The summed E-state index contributed by atoms with van der Waals surface area (Å²) in [5.41, 5.74) is 3.22. The largest absolute Gasteiger partial charge is 0.340 e. The lowest BCUT2D eigenvalue weighted by molar-refractivity contribution is 0.101. The number of rotatable bonds is 4. The Morgan fingerprint density at radius 2 is 1.81 bits per heavy atom. The summed E-state index contributed by atoms with van der Waals surface area (Å²) in [6.45, 7) is 3.46. The Kier molecular flexibility index (Phi) is 3.93. The molecule has 0 spiro atoms. The van der Waals surface area contributed by atoms with E-state index < -0.39 is 0 Å². The third-order valence-electron chi connectivity index (χ3n) is 4.01. The van der Waals surface area contributed by atoms with Gasteiger partial charge in [0.05, 0.1) is 0 Å². The zero-order chi connectivity index (χ0) is 18.1. The third-order valence-corrected chi connectivity index (χ3v) is 4.01. The van der Waals surface area contributed by atoms with Gasteiger partial charge in [0.1, 0.15) is 5.82 Å². The Hall–Kier alpha value is -3.54. The highest BCUT2D eigenvalue weighted by Crippen LogP contribution is 2.22. The lowest BCUT2D eigenvalue weighted by Gasteiger charge is -2.09. The van der Waals surface area contributed by atoms with E-state index in [1.165, 1.54) is 0 Å². The fourth-order valence-corrected chi connectivity index (χ4v) is 2.75. The van der Waals surface area contributed by atoms with Crippen LogP contribution < -0.4 is 5.32 Å². The number of aromatic nitrogens is 4. The number of fused-ring (bicyclic) bond motifs is 1. The number of nitrogens with zero attached hydrogens (tertiary/aromatic N) is 4. The molecular formula is C20H17N5O. The standard InChI is InChI=1S/C20H17N5O/c1-13-11-18(22-17-10-6-9-16(12-17)14(2)26)25-20(21-13)23-19(24-25)15-7-4-3-5-8-15/h3-12,22H,1-2H3. The minimum absolute atomic E-state index is 0.0248. The van der Waals surface area contributed by atoms with Gasteiger partial charge in [0.2, 0.25) is 0 Å². The molecule has 6 heteroatoms. The first-order valence-electron chi connectivity index (χ1n) is 8.28. The number of hydrogen-bond acceptors (Lipinski definition) is 5. The molecule has 2 aromatic heterocycles. The number of ketones is 1. The molecule has 4 aromatic rings. The second-order valence-corrected chi connectivity index (χ2v) is 6.06. The predicted molar refractivity (Wildman–Crippen MR) is 101 cm³/mol. The van der Waals surface area contributed by atoms with Crippen molar-refractivity contribution in [2.75, 3.05) is 5.32 Å². The Labute approximate surface area is 150 Å². The van der Waals surface area contributed by atoms with E-state index in [-0.39, 0.29) is 5.78 Å². The highest BCUT2D eigenvalue weighted by atomic mass is 16.1. The molecule has 0 fully saturated rings. The average molecular weight is 343 g/mol. The van der Waals surface area contributed by atoms with Crippen LogP contribution in [0.4, 0.5) is 11.5 Å². The second-order valence-electron chi connectivity index (χ2n) is 6.06. The number of carbonyl (C=O) groups is 1. The van der Waals surface area contributed by atoms with Crippen LogP contribution in [0.25, 0.3) is 17.2 Å². The molecule has 2 aromatic carbocycles. The molecule has 0 radical (unpaired) electrons. The van der Waals surface area contributed by atoms with Crippen LogP contribution in [0.1, 0.15) is 23.0 Å². The molecular weight excluding hydrogens is 326 g/mol. The van der Waals surface area contributed by atoms with Gasteiger partial charge in [0, 0.05) is 28.6 Å².